The molecule has 0 aromatic rings. The Morgan fingerprint density at radius 2 is 0.698 bits per heavy atom. The third kappa shape index (κ3) is 52.3. The van der Waals surface area contributed by atoms with Gasteiger partial charge in [0.2, 0.25) is 0 Å². The van der Waals surface area contributed by atoms with Crippen molar-refractivity contribution in [2.45, 2.75) is 309 Å². The molecule has 0 fully saturated rings. The lowest BCUT2D eigenvalue weighted by Gasteiger charge is -2.20. The fourth-order valence-electron chi connectivity index (χ4n) is 8.65. The number of hydrogen-bond acceptors (Lipinski definition) is 7. The van der Waals surface area contributed by atoms with Crippen LogP contribution in [0.3, 0.4) is 0 Å². The smallest absolute Gasteiger partial charge is 0.457 e. The predicted molar refractivity (Wildman–Crippen MR) is 271 cm³/mol. The average Bonchev–Trinajstić information content (AvgIpc) is 3.28. The summed E-state index contributed by atoms with van der Waals surface area (Å²) in [5.41, 5.74) is 5.40. The highest BCUT2D eigenvalue weighted by molar-refractivity contribution is 7.47. The van der Waals surface area contributed by atoms with Crippen LogP contribution in [-0.4, -0.2) is 49.9 Å². The monoisotopic (exact) mass is 916 g/mol. The molecule has 3 N–H and O–H groups in total. The Balaban J connectivity index is 3.78. The first-order valence-corrected chi connectivity index (χ1v) is 29.5. The van der Waals surface area contributed by atoms with Crippen LogP contribution in [0.5, 0.6) is 0 Å². The van der Waals surface area contributed by atoms with Crippen LogP contribution in [0, 0.1) is 0 Å². The molecular formula is C54H110NO7P. The molecule has 0 bridgehead atoms. The van der Waals surface area contributed by atoms with Crippen molar-refractivity contribution in [3.8, 4) is 0 Å². The van der Waals surface area contributed by atoms with E-state index in [0.717, 1.165) is 32.1 Å². The molecule has 0 saturated heterocycles. The zero-order valence-corrected chi connectivity index (χ0v) is 43.2. The highest BCUT2D eigenvalue weighted by atomic mass is 31.2. The van der Waals surface area contributed by atoms with E-state index in [-0.39, 0.29) is 32.3 Å². The summed E-state index contributed by atoms with van der Waals surface area (Å²) >= 11 is 0. The number of rotatable bonds is 55. The van der Waals surface area contributed by atoms with Gasteiger partial charge in [-0.3, -0.25) is 13.8 Å². The highest BCUT2D eigenvalue weighted by Crippen LogP contribution is 2.43. The number of phosphoric acid groups is 1. The second-order valence-corrected chi connectivity index (χ2v) is 20.6. The largest absolute Gasteiger partial charge is 0.472 e. The molecule has 0 rings (SSSR count). The van der Waals surface area contributed by atoms with E-state index in [1.54, 1.807) is 0 Å². The lowest BCUT2D eigenvalue weighted by atomic mass is 10.0. The van der Waals surface area contributed by atoms with Gasteiger partial charge in [0.05, 0.1) is 19.8 Å². The van der Waals surface area contributed by atoms with E-state index in [0.29, 0.717) is 13.0 Å². The number of unbranched alkanes of at least 4 members (excludes halogenated alkanes) is 42. The fourth-order valence-corrected chi connectivity index (χ4v) is 9.41. The van der Waals surface area contributed by atoms with Gasteiger partial charge in [-0.15, -0.1) is 0 Å². The second kappa shape index (κ2) is 52.5. The molecule has 0 heterocycles. The van der Waals surface area contributed by atoms with E-state index < -0.39 is 13.9 Å². The molecule has 0 amide bonds. The van der Waals surface area contributed by atoms with E-state index in [1.807, 2.05) is 0 Å². The fraction of sp³-hybridized carbons (Fsp3) is 0.981. The SMILES string of the molecule is CCCCCCCCCCCCCCCCCCCCCCCCCCCCCCC(=O)O[C@H](COCCCCCCCCCCCCCCCCCC)COP(=O)(O)OCCN. The number of phosphoric ester groups is 1. The summed E-state index contributed by atoms with van der Waals surface area (Å²) in [5.74, 6) is -0.319. The van der Waals surface area contributed by atoms with Gasteiger partial charge in [-0.2, -0.15) is 0 Å². The summed E-state index contributed by atoms with van der Waals surface area (Å²) in [7, 11) is -4.28. The Bertz CT molecular complexity index is 940. The number of ether oxygens (including phenoxy) is 2. The molecule has 0 saturated carbocycles. The van der Waals surface area contributed by atoms with E-state index in [1.165, 1.54) is 250 Å². The molecule has 9 heteroatoms. The second-order valence-electron chi connectivity index (χ2n) is 19.2. The lowest BCUT2D eigenvalue weighted by Crippen LogP contribution is -2.28. The van der Waals surface area contributed by atoms with Crippen LogP contribution in [0.15, 0.2) is 0 Å². The number of esters is 1. The summed E-state index contributed by atoms with van der Waals surface area (Å²) in [6, 6.07) is 0. The van der Waals surface area contributed by atoms with Crippen molar-refractivity contribution in [2.24, 2.45) is 5.73 Å². The Kier molecular flexibility index (Phi) is 52.1. The Morgan fingerprint density at radius 3 is 1.00 bits per heavy atom. The molecular weight excluding hydrogens is 806 g/mol. The van der Waals surface area contributed by atoms with Crippen molar-refractivity contribution in [3.05, 3.63) is 0 Å². The molecule has 0 aliphatic rings. The first kappa shape index (κ1) is 62.5. The summed E-state index contributed by atoms with van der Waals surface area (Å²) < 4.78 is 33.6. The van der Waals surface area contributed by atoms with Crippen LogP contribution in [0.2, 0.25) is 0 Å². The molecule has 0 aliphatic carbocycles. The van der Waals surface area contributed by atoms with Crippen LogP contribution in [0.4, 0.5) is 0 Å². The molecule has 0 aliphatic heterocycles. The van der Waals surface area contributed by atoms with E-state index in [2.05, 4.69) is 13.8 Å². The number of nitrogens with two attached hydrogens (primary N) is 1. The standard InChI is InChI=1S/C54H110NO7P/c1-3-5-7-9-11-13-15-17-19-21-22-23-24-25-26-27-28-29-30-31-32-33-35-37-39-41-43-45-47-54(56)62-53(52-61-63(57,58)60-50-48-55)51-59-49-46-44-42-40-38-36-34-20-18-16-14-12-10-8-6-4-2/h53H,3-52,55H2,1-2H3,(H,57,58)/t53-/m1/s1. The van der Waals surface area contributed by atoms with Crippen LogP contribution in [0.25, 0.3) is 0 Å². The first-order chi connectivity index (χ1) is 30.9. The molecule has 1 unspecified atom stereocenters. The maximum absolute atomic E-state index is 12.7. The number of carbonyl (C=O) groups excluding carboxylic acids is 1. The molecule has 63 heavy (non-hydrogen) atoms. The Labute approximate surface area is 392 Å². The Morgan fingerprint density at radius 1 is 0.413 bits per heavy atom. The molecule has 2 atom stereocenters. The van der Waals surface area contributed by atoms with Gasteiger partial charge in [-0.05, 0) is 12.8 Å². The third-order valence-electron chi connectivity index (χ3n) is 12.8. The third-order valence-corrected chi connectivity index (χ3v) is 13.8. The van der Waals surface area contributed by atoms with Crippen LogP contribution < -0.4 is 5.73 Å². The van der Waals surface area contributed by atoms with Gasteiger partial charge in [0.1, 0.15) is 6.10 Å². The quantitative estimate of drug-likeness (QED) is 0.0352. The van der Waals surface area contributed by atoms with E-state index >= 15 is 0 Å². The summed E-state index contributed by atoms with van der Waals surface area (Å²) in [4.78, 5) is 22.6. The first-order valence-electron chi connectivity index (χ1n) is 28.0. The van der Waals surface area contributed by atoms with Gasteiger partial charge in [0.25, 0.3) is 0 Å². The van der Waals surface area contributed by atoms with Crippen LogP contribution >= 0.6 is 7.82 Å². The van der Waals surface area contributed by atoms with Gasteiger partial charge in [-0.1, -0.05) is 284 Å². The van der Waals surface area contributed by atoms with Gasteiger partial charge >= 0.3 is 13.8 Å². The average molecular weight is 916 g/mol. The molecule has 0 spiro atoms. The van der Waals surface area contributed by atoms with E-state index in [4.69, 9.17) is 24.3 Å². The number of carbonyl (C=O) groups is 1. The predicted octanol–water partition coefficient (Wildman–Crippen LogP) is 17.6. The van der Waals surface area contributed by atoms with Gasteiger partial charge in [-0.25, -0.2) is 4.57 Å². The van der Waals surface area contributed by atoms with Crippen molar-refractivity contribution in [1.29, 1.82) is 0 Å². The topological polar surface area (TPSA) is 117 Å². The zero-order valence-electron chi connectivity index (χ0n) is 42.4. The van der Waals surface area contributed by atoms with Gasteiger partial charge in [0, 0.05) is 19.6 Å². The summed E-state index contributed by atoms with van der Waals surface area (Å²) in [5, 5.41) is 0. The molecule has 8 nitrogen and oxygen atoms in total. The minimum Gasteiger partial charge on any atom is -0.457 e. The van der Waals surface area contributed by atoms with Crippen molar-refractivity contribution in [2.75, 3.05) is 33.0 Å². The summed E-state index contributed by atoms with van der Waals surface area (Å²) in [6.45, 7) is 5.02. The Hall–Kier alpha value is -0.500. The van der Waals surface area contributed by atoms with Crippen molar-refractivity contribution in [1.82, 2.24) is 0 Å². The normalized spacial score (nSPS) is 13.1. The highest BCUT2D eigenvalue weighted by Gasteiger charge is 2.25. The zero-order chi connectivity index (χ0) is 45.8. The van der Waals surface area contributed by atoms with Crippen LogP contribution in [0.1, 0.15) is 303 Å². The summed E-state index contributed by atoms with van der Waals surface area (Å²) in [6.07, 6.45) is 58.7. The number of hydrogen-bond donors (Lipinski definition) is 2. The van der Waals surface area contributed by atoms with Gasteiger partial charge < -0.3 is 20.1 Å². The van der Waals surface area contributed by atoms with Crippen LogP contribution in [-0.2, 0) is 27.9 Å². The molecule has 0 aromatic heterocycles. The molecule has 0 aromatic carbocycles. The maximum atomic E-state index is 12.7. The van der Waals surface area contributed by atoms with Crippen molar-refractivity contribution < 1.29 is 32.8 Å². The lowest BCUT2D eigenvalue weighted by molar-refractivity contribution is -0.154. The molecule has 0 radical (unpaired) electrons. The minimum atomic E-state index is -4.28. The minimum absolute atomic E-state index is 0.0896. The molecule has 378 valence electrons. The van der Waals surface area contributed by atoms with Crippen molar-refractivity contribution in [3.63, 3.8) is 0 Å². The van der Waals surface area contributed by atoms with Gasteiger partial charge in [0.15, 0.2) is 0 Å². The van der Waals surface area contributed by atoms with Crippen molar-refractivity contribution >= 4 is 13.8 Å². The maximum Gasteiger partial charge on any atom is 0.472 e. The van der Waals surface area contributed by atoms with E-state index in [9.17, 15) is 14.3 Å².